The summed E-state index contributed by atoms with van der Waals surface area (Å²) in [7, 11) is 3.29. The fourth-order valence-electron chi connectivity index (χ4n) is 8.04. The first-order chi connectivity index (χ1) is 21.8. The third-order valence-electron chi connectivity index (χ3n) is 10.3. The Morgan fingerprint density at radius 1 is 1.20 bits per heavy atom. The number of methoxy groups -OCH3 is 1. The zero-order valence-electron chi connectivity index (χ0n) is 26.3. The SMILES string of the molecule is COc1ccc2c3c1O[C@H]1C(=O)CC[C@H]4C(C2)N(Cc2ccc(OC(=O)N(C)CCNC(=O)[C@@H](N)CCCCN)cc2)CC[C@]314. The first kappa shape index (κ1) is 31.3. The molecule has 1 spiro atoms. The molecule has 1 saturated carbocycles. The monoisotopic (exact) mass is 619 g/mol. The van der Waals surface area contributed by atoms with E-state index in [1.807, 2.05) is 30.3 Å². The van der Waals surface area contributed by atoms with Crippen molar-refractivity contribution in [3.63, 3.8) is 0 Å². The molecule has 2 amide bonds. The predicted octanol–water partition coefficient (Wildman–Crippen LogP) is 2.51. The lowest BCUT2D eigenvalue weighted by molar-refractivity contribution is -0.139. The van der Waals surface area contributed by atoms with E-state index >= 15 is 0 Å². The van der Waals surface area contributed by atoms with Gasteiger partial charge in [0.25, 0.3) is 0 Å². The van der Waals surface area contributed by atoms with Crippen molar-refractivity contribution in [3.05, 3.63) is 53.1 Å². The van der Waals surface area contributed by atoms with Gasteiger partial charge in [0.2, 0.25) is 5.91 Å². The smallest absolute Gasteiger partial charge is 0.415 e. The van der Waals surface area contributed by atoms with Gasteiger partial charge in [-0.25, -0.2) is 4.79 Å². The van der Waals surface area contributed by atoms with Crippen LogP contribution in [0.2, 0.25) is 0 Å². The van der Waals surface area contributed by atoms with E-state index in [4.69, 9.17) is 25.7 Å². The number of hydrogen-bond donors (Lipinski definition) is 3. The number of unbranched alkanes of at least 4 members (excludes halogenated alkanes) is 1. The van der Waals surface area contributed by atoms with E-state index in [1.165, 1.54) is 16.0 Å². The van der Waals surface area contributed by atoms with Crippen molar-refractivity contribution in [3.8, 4) is 17.2 Å². The molecule has 242 valence electrons. The van der Waals surface area contributed by atoms with E-state index in [0.29, 0.717) is 43.6 Å². The zero-order valence-corrected chi connectivity index (χ0v) is 26.3. The Morgan fingerprint density at radius 2 is 2.00 bits per heavy atom. The van der Waals surface area contributed by atoms with Gasteiger partial charge in [0.05, 0.1) is 13.2 Å². The number of amides is 2. The minimum Gasteiger partial charge on any atom is -0.493 e. The molecule has 5 atom stereocenters. The average Bonchev–Trinajstić information content (AvgIpc) is 3.39. The standard InChI is InChI=1S/C34H45N5O6/c1-38(18-16-37-32(41)25(36)5-3-4-15-35)33(42)44-23-9-6-21(7-10-23)20-39-17-14-34-24-11-12-27(40)31(34)45-30-28(43-2)13-8-22(29(30)34)19-26(24)39/h6-10,13,24-26,31H,3-5,11-12,14-20,35-36H2,1-2H3,(H,37,41)/t24-,25-,26?,31-,34-/m0/s1. The molecule has 0 radical (unpaired) electrons. The number of carbonyl (C=O) groups excluding carboxylic acids is 3. The van der Waals surface area contributed by atoms with Gasteiger partial charge in [-0.2, -0.15) is 0 Å². The Balaban J connectivity index is 1.04. The Kier molecular flexibility index (Phi) is 9.03. The second kappa shape index (κ2) is 13.0. The third-order valence-corrected chi connectivity index (χ3v) is 10.3. The third kappa shape index (κ3) is 5.77. The van der Waals surface area contributed by atoms with Gasteiger partial charge in [-0.05, 0) is 80.4 Å². The summed E-state index contributed by atoms with van der Waals surface area (Å²) in [6.45, 7) is 2.81. The Morgan fingerprint density at radius 3 is 2.76 bits per heavy atom. The summed E-state index contributed by atoms with van der Waals surface area (Å²) >= 11 is 0. The average molecular weight is 620 g/mol. The van der Waals surface area contributed by atoms with Crippen LogP contribution in [0, 0.1) is 5.92 Å². The molecule has 11 nitrogen and oxygen atoms in total. The molecule has 2 bridgehead atoms. The summed E-state index contributed by atoms with van der Waals surface area (Å²) in [4.78, 5) is 41.9. The number of likely N-dealkylation sites (tertiary alicyclic amines) is 1. The van der Waals surface area contributed by atoms with E-state index in [2.05, 4.69) is 16.3 Å². The molecule has 2 fully saturated rings. The fraction of sp³-hybridized carbons (Fsp3) is 0.559. The van der Waals surface area contributed by atoms with Crippen LogP contribution in [0.5, 0.6) is 17.2 Å². The molecule has 2 aliphatic carbocycles. The summed E-state index contributed by atoms with van der Waals surface area (Å²) in [6.07, 6.45) is 4.53. The number of hydrogen-bond acceptors (Lipinski definition) is 9. The lowest BCUT2D eigenvalue weighted by Gasteiger charge is -2.57. The highest BCUT2D eigenvalue weighted by molar-refractivity contribution is 5.89. The van der Waals surface area contributed by atoms with Crippen molar-refractivity contribution >= 4 is 17.8 Å². The molecule has 2 heterocycles. The predicted molar refractivity (Wildman–Crippen MR) is 168 cm³/mol. The minimum atomic E-state index is -0.579. The van der Waals surface area contributed by atoms with Crippen molar-refractivity contribution in [1.82, 2.24) is 15.1 Å². The fourth-order valence-corrected chi connectivity index (χ4v) is 8.04. The Bertz CT molecular complexity index is 1430. The van der Waals surface area contributed by atoms with Gasteiger partial charge >= 0.3 is 6.09 Å². The van der Waals surface area contributed by atoms with Crippen molar-refractivity contribution in [2.24, 2.45) is 17.4 Å². The molecule has 1 saturated heterocycles. The molecule has 0 aromatic heterocycles. The summed E-state index contributed by atoms with van der Waals surface area (Å²) in [5.74, 6) is 2.29. The quantitative estimate of drug-likeness (QED) is 0.305. The molecule has 6 rings (SSSR count). The van der Waals surface area contributed by atoms with Gasteiger partial charge in [-0.1, -0.05) is 24.6 Å². The largest absolute Gasteiger partial charge is 0.493 e. The maximum Gasteiger partial charge on any atom is 0.415 e. The van der Waals surface area contributed by atoms with Gasteiger partial charge in [-0.3, -0.25) is 14.5 Å². The molecule has 5 N–H and O–H groups in total. The molecule has 45 heavy (non-hydrogen) atoms. The normalized spacial score (nSPS) is 25.2. The van der Waals surface area contributed by atoms with E-state index in [0.717, 1.165) is 62.3 Å². The van der Waals surface area contributed by atoms with Crippen LogP contribution >= 0.6 is 0 Å². The first-order valence-corrected chi connectivity index (χ1v) is 16.2. The van der Waals surface area contributed by atoms with Crippen LogP contribution in [0.1, 0.15) is 55.2 Å². The van der Waals surface area contributed by atoms with Crippen LogP contribution in [0.3, 0.4) is 0 Å². The molecule has 2 aromatic rings. The van der Waals surface area contributed by atoms with Crippen molar-refractivity contribution < 1.29 is 28.6 Å². The van der Waals surface area contributed by atoms with E-state index in [1.54, 1.807) is 14.2 Å². The number of ether oxygens (including phenoxy) is 3. The molecular formula is C34H45N5O6. The highest BCUT2D eigenvalue weighted by Gasteiger charge is 2.65. The first-order valence-electron chi connectivity index (χ1n) is 16.2. The van der Waals surface area contributed by atoms with Crippen LogP contribution in [0.15, 0.2) is 36.4 Å². The summed E-state index contributed by atoms with van der Waals surface area (Å²) in [6, 6.07) is 11.5. The van der Waals surface area contributed by atoms with Gasteiger partial charge in [0.1, 0.15) is 5.75 Å². The van der Waals surface area contributed by atoms with Crippen LogP contribution in [0.4, 0.5) is 4.79 Å². The molecule has 2 aliphatic heterocycles. The highest BCUT2D eigenvalue weighted by atomic mass is 16.6. The topological polar surface area (TPSA) is 149 Å². The van der Waals surface area contributed by atoms with Crippen molar-refractivity contribution in [2.45, 2.75) is 75.1 Å². The van der Waals surface area contributed by atoms with Crippen LogP contribution in [-0.2, 0) is 28.0 Å². The maximum absolute atomic E-state index is 13.1. The molecule has 11 heteroatoms. The second-order valence-electron chi connectivity index (χ2n) is 12.9. The molecule has 4 aliphatic rings. The lowest BCUT2D eigenvalue weighted by atomic mass is 9.51. The van der Waals surface area contributed by atoms with Gasteiger partial charge in [0, 0.05) is 50.1 Å². The number of Topliss-reactive ketones (excluding diaryl/α,β-unsaturated/α-hetero) is 1. The summed E-state index contributed by atoms with van der Waals surface area (Å²) in [5.41, 5.74) is 14.8. The number of likely N-dealkylation sites (N-methyl/N-ethyl adjacent to an activating group) is 1. The number of rotatable bonds is 12. The summed E-state index contributed by atoms with van der Waals surface area (Å²) in [5, 5.41) is 2.78. The lowest BCUT2D eigenvalue weighted by Crippen LogP contribution is -2.65. The number of nitrogens with one attached hydrogen (secondary N) is 1. The highest BCUT2D eigenvalue weighted by Crippen LogP contribution is 2.63. The van der Waals surface area contributed by atoms with E-state index in [9.17, 15) is 14.4 Å². The molecular weight excluding hydrogens is 574 g/mol. The number of nitrogens with zero attached hydrogens (tertiary/aromatic N) is 2. The number of piperidine rings is 1. The number of ketones is 1. The van der Waals surface area contributed by atoms with Gasteiger partial charge in [0.15, 0.2) is 23.4 Å². The number of carbonyl (C=O) groups is 3. The maximum atomic E-state index is 13.1. The Hall–Kier alpha value is -3.67. The summed E-state index contributed by atoms with van der Waals surface area (Å²) < 4.78 is 17.6. The van der Waals surface area contributed by atoms with Crippen molar-refractivity contribution in [2.75, 3.05) is 40.3 Å². The van der Waals surface area contributed by atoms with Crippen molar-refractivity contribution in [1.29, 1.82) is 0 Å². The molecule has 1 unspecified atom stereocenters. The molecule has 2 aromatic carbocycles. The van der Waals surface area contributed by atoms with Crippen LogP contribution in [-0.4, -0.2) is 86.1 Å². The zero-order chi connectivity index (χ0) is 31.7. The van der Waals surface area contributed by atoms with E-state index in [-0.39, 0.29) is 23.7 Å². The number of benzene rings is 2. The van der Waals surface area contributed by atoms with E-state index < -0.39 is 18.2 Å². The second-order valence-corrected chi connectivity index (χ2v) is 12.9. The minimum absolute atomic E-state index is 0.211. The van der Waals surface area contributed by atoms with Gasteiger partial charge < -0.3 is 35.9 Å². The number of nitrogens with two attached hydrogens (primary N) is 2. The van der Waals surface area contributed by atoms with Gasteiger partial charge in [-0.15, -0.1) is 0 Å². The van der Waals surface area contributed by atoms with Crippen LogP contribution < -0.4 is 31.0 Å². The Labute approximate surface area is 264 Å². The van der Waals surface area contributed by atoms with Crippen LogP contribution in [0.25, 0.3) is 0 Å².